The molecular formula is C20H22ClN3O2S. The predicted molar refractivity (Wildman–Crippen MR) is 107 cm³/mol. The van der Waals surface area contributed by atoms with Crippen LogP contribution >= 0.6 is 22.9 Å². The number of anilines is 1. The molecule has 0 bridgehead atoms. The molecule has 2 aromatic rings. The molecule has 1 aromatic carbocycles. The van der Waals surface area contributed by atoms with Crippen molar-refractivity contribution in [3.63, 3.8) is 0 Å². The number of carbonyl (C=O) groups is 2. The molecule has 2 heterocycles. The van der Waals surface area contributed by atoms with Gasteiger partial charge in [-0.15, -0.1) is 11.3 Å². The molecule has 142 valence electrons. The van der Waals surface area contributed by atoms with Crippen LogP contribution in [0.5, 0.6) is 0 Å². The Kier molecular flexibility index (Phi) is 5.19. The van der Waals surface area contributed by atoms with E-state index >= 15 is 0 Å². The molecule has 2 unspecified atom stereocenters. The number of benzene rings is 1. The van der Waals surface area contributed by atoms with Crippen molar-refractivity contribution in [2.75, 3.05) is 11.9 Å². The zero-order chi connectivity index (χ0) is 19.0. The normalized spacial score (nSPS) is 22.0. The lowest BCUT2D eigenvalue weighted by atomic mass is 9.93. The molecule has 1 aliphatic heterocycles. The maximum atomic E-state index is 12.7. The lowest BCUT2D eigenvalue weighted by molar-refractivity contribution is -0.128. The minimum absolute atomic E-state index is 0.0117. The number of amides is 2. The molecule has 27 heavy (non-hydrogen) atoms. The van der Waals surface area contributed by atoms with Crippen LogP contribution in [0.3, 0.4) is 0 Å². The van der Waals surface area contributed by atoms with Crippen LogP contribution in [-0.4, -0.2) is 28.2 Å². The minimum atomic E-state index is -0.347. The summed E-state index contributed by atoms with van der Waals surface area (Å²) >= 11 is 7.77. The van der Waals surface area contributed by atoms with Gasteiger partial charge in [0.2, 0.25) is 11.8 Å². The number of aromatic nitrogens is 1. The van der Waals surface area contributed by atoms with E-state index in [2.05, 4.69) is 17.2 Å². The molecule has 1 aromatic heterocycles. The molecule has 1 N–H and O–H groups in total. The number of aryl methyl sites for hydroxylation is 1. The average Bonchev–Trinajstić information content (AvgIpc) is 3.19. The highest BCUT2D eigenvalue weighted by Gasteiger charge is 2.35. The smallest absolute Gasteiger partial charge is 0.231 e. The molecule has 1 saturated heterocycles. The van der Waals surface area contributed by atoms with Gasteiger partial charge in [-0.1, -0.05) is 36.7 Å². The third-order valence-electron chi connectivity index (χ3n) is 5.32. The van der Waals surface area contributed by atoms with E-state index in [1.165, 1.54) is 4.88 Å². The van der Waals surface area contributed by atoms with Crippen molar-refractivity contribution in [3.8, 4) is 0 Å². The SMILES string of the molecule is CC1CCc2nc(NC(=O)C3CC(=O)N(Cc4ccccc4Cl)C3)sc2C1. The highest BCUT2D eigenvalue weighted by atomic mass is 35.5. The Balaban J connectivity index is 1.39. The number of hydrogen-bond acceptors (Lipinski definition) is 4. The fourth-order valence-electron chi connectivity index (χ4n) is 3.73. The number of nitrogens with one attached hydrogen (secondary N) is 1. The Labute approximate surface area is 167 Å². The first-order chi connectivity index (χ1) is 13.0. The van der Waals surface area contributed by atoms with Crippen molar-refractivity contribution >= 4 is 39.9 Å². The molecule has 1 fully saturated rings. The van der Waals surface area contributed by atoms with Crippen LogP contribution in [0.15, 0.2) is 24.3 Å². The topological polar surface area (TPSA) is 62.3 Å². The van der Waals surface area contributed by atoms with Gasteiger partial charge in [0.05, 0.1) is 11.6 Å². The van der Waals surface area contributed by atoms with E-state index in [1.807, 2.05) is 24.3 Å². The second-order valence-corrected chi connectivity index (χ2v) is 8.98. The first kappa shape index (κ1) is 18.4. The van der Waals surface area contributed by atoms with E-state index in [1.54, 1.807) is 16.2 Å². The fraction of sp³-hybridized carbons (Fsp3) is 0.450. The standard InChI is InChI=1S/C20H22ClN3O2S/c1-12-6-7-16-17(8-12)27-20(22-16)23-19(26)14-9-18(25)24(11-14)10-13-4-2-3-5-15(13)21/h2-5,12,14H,6-11H2,1H3,(H,22,23,26). The number of nitrogens with zero attached hydrogens (tertiary/aromatic N) is 2. The quantitative estimate of drug-likeness (QED) is 0.841. The first-order valence-corrected chi connectivity index (χ1v) is 10.5. The molecule has 5 nitrogen and oxygen atoms in total. The van der Waals surface area contributed by atoms with Crippen LogP contribution < -0.4 is 5.32 Å². The third-order valence-corrected chi connectivity index (χ3v) is 6.72. The number of carbonyl (C=O) groups excluding carboxylic acids is 2. The van der Waals surface area contributed by atoms with Crippen molar-refractivity contribution in [1.29, 1.82) is 0 Å². The molecule has 0 saturated carbocycles. The van der Waals surface area contributed by atoms with Gasteiger partial charge in [0.1, 0.15) is 0 Å². The van der Waals surface area contributed by atoms with E-state index in [4.69, 9.17) is 11.6 Å². The summed E-state index contributed by atoms with van der Waals surface area (Å²) in [7, 11) is 0. The molecule has 0 spiro atoms. The van der Waals surface area contributed by atoms with Gasteiger partial charge in [0, 0.05) is 29.4 Å². The van der Waals surface area contributed by atoms with Crippen molar-refractivity contribution < 1.29 is 9.59 Å². The van der Waals surface area contributed by atoms with E-state index in [0.717, 1.165) is 30.5 Å². The number of hydrogen-bond donors (Lipinski definition) is 1. The van der Waals surface area contributed by atoms with Gasteiger partial charge in [0.25, 0.3) is 0 Å². The maximum absolute atomic E-state index is 12.7. The van der Waals surface area contributed by atoms with Crippen molar-refractivity contribution in [1.82, 2.24) is 9.88 Å². The van der Waals surface area contributed by atoms with Crippen molar-refractivity contribution in [3.05, 3.63) is 45.4 Å². The highest BCUT2D eigenvalue weighted by molar-refractivity contribution is 7.15. The van der Waals surface area contributed by atoms with Crippen LogP contribution in [0.1, 0.15) is 35.9 Å². The van der Waals surface area contributed by atoms with Gasteiger partial charge < -0.3 is 10.2 Å². The Morgan fingerprint density at radius 2 is 2.19 bits per heavy atom. The third kappa shape index (κ3) is 4.01. The lowest BCUT2D eigenvalue weighted by Gasteiger charge is -2.17. The highest BCUT2D eigenvalue weighted by Crippen LogP contribution is 2.33. The molecule has 2 aliphatic rings. The van der Waals surface area contributed by atoms with Gasteiger partial charge in [-0.2, -0.15) is 0 Å². The van der Waals surface area contributed by atoms with Crippen LogP contribution in [0.25, 0.3) is 0 Å². The zero-order valence-corrected chi connectivity index (χ0v) is 16.8. The predicted octanol–water partition coefficient (Wildman–Crippen LogP) is 3.91. The minimum Gasteiger partial charge on any atom is -0.337 e. The summed E-state index contributed by atoms with van der Waals surface area (Å²) in [6, 6.07) is 7.48. The Hall–Kier alpha value is -1.92. The summed E-state index contributed by atoms with van der Waals surface area (Å²) in [5.74, 6) is 0.193. The number of thiazole rings is 1. The van der Waals surface area contributed by atoms with E-state index < -0.39 is 0 Å². The Morgan fingerprint density at radius 1 is 1.37 bits per heavy atom. The van der Waals surface area contributed by atoms with E-state index in [0.29, 0.717) is 29.2 Å². The van der Waals surface area contributed by atoms with Gasteiger partial charge in [-0.3, -0.25) is 9.59 Å². The van der Waals surface area contributed by atoms with E-state index in [-0.39, 0.29) is 24.2 Å². The van der Waals surface area contributed by atoms with Crippen molar-refractivity contribution in [2.45, 2.75) is 39.2 Å². The second kappa shape index (κ2) is 7.60. The largest absolute Gasteiger partial charge is 0.337 e. The van der Waals surface area contributed by atoms with E-state index in [9.17, 15) is 9.59 Å². The van der Waals surface area contributed by atoms with Crippen LogP contribution in [0.2, 0.25) is 5.02 Å². The first-order valence-electron chi connectivity index (χ1n) is 9.30. The molecule has 7 heteroatoms. The summed E-state index contributed by atoms with van der Waals surface area (Å²) in [4.78, 5) is 32.6. The summed E-state index contributed by atoms with van der Waals surface area (Å²) < 4.78 is 0. The average molecular weight is 404 g/mol. The zero-order valence-electron chi connectivity index (χ0n) is 15.2. The summed E-state index contributed by atoms with van der Waals surface area (Å²) in [6.07, 6.45) is 3.41. The van der Waals surface area contributed by atoms with Crippen LogP contribution in [-0.2, 0) is 29.0 Å². The number of halogens is 1. The van der Waals surface area contributed by atoms with Gasteiger partial charge in [0.15, 0.2) is 5.13 Å². The molecule has 2 amide bonds. The maximum Gasteiger partial charge on any atom is 0.231 e. The van der Waals surface area contributed by atoms with Crippen LogP contribution in [0, 0.1) is 11.8 Å². The Bertz CT molecular complexity index is 882. The summed E-state index contributed by atoms with van der Waals surface area (Å²) in [5, 5.41) is 4.24. The molecular weight excluding hydrogens is 382 g/mol. The van der Waals surface area contributed by atoms with Crippen molar-refractivity contribution in [2.24, 2.45) is 11.8 Å². The Morgan fingerprint density at radius 3 is 3.00 bits per heavy atom. The summed E-state index contributed by atoms with van der Waals surface area (Å²) in [6.45, 7) is 3.10. The molecule has 0 radical (unpaired) electrons. The fourth-order valence-corrected chi connectivity index (χ4v) is 5.10. The second-order valence-electron chi connectivity index (χ2n) is 7.49. The van der Waals surface area contributed by atoms with Gasteiger partial charge in [-0.25, -0.2) is 4.98 Å². The molecule has 2 atom stereocenters. The lowest BCUT2D eigenvalue weighted by Crippen LogP contribution is -2.28. The monoisotopic (exact) mass is 403 g/mol. The van der Waals surface area contributed by atoms with Gasteiger partial charge >= 0.3 is 0 Å². The molecule has 4 rings (SSSR count). The van der Waals surface area contributed by atoms with Crippen LogP contribution in [0.4, 0.5) is 5.13 Å². The number of rotatable bonds is 4. The molecule has 1 aliphatic carbocycles. The summed E-state index contributed by atoms with van der Waals surface area (Å²) in [5.41, 5.74) is 2.02. The number of likely N-dealkylation sites (tertiary alicyclic amines) is 1. The number of fused-ring (bicyclic) bond motifs is 1. The van der Waals surface area contributed by atoms with Gasteiger partial charge in [-0.05, 0) is 36.8 Å².